The van der Waals surface area contributed by atoms with E-state index in [0.717, 1.165) is 0 Å². The second-order valence-corrected chi connectivity index (χ2v) is 2.98. The molecule has 0 amide bonds. The van der Waals surface area contributed by atoms with Crippen LogP contribution < -0.4 is 10.2 Å². The molecule has 0 saturated carbocycles. The summed E-state index contributed by atoms with van der Waals surface area (Å²) in [5, 5.41) is 42.2. The van der Waals surface area contributed by atoms with Crippen molar-refractivity contribution >= 4 is 23.3 Å². The maximum absolute atomic E-state index is 10.6. The molecule has 1 aromatic carbocycles. The molecule has 0 spiro atoms. The van der Waals surface area contributed by atoms with Crippen molar-refractivity contribution in [2.45, 2.75) is 0 Å². The van der Waals surface area contributed by atoms with Crippen molar-refractivity contribution in [1.82, 2.24) is 0 Å². The van der Waals surface area contributed by atoms with Gasteiger partial charge in [0.05, 0.1) is 39.0 Å². The maximum Gasteiger partial charge on any atom is 0.285 e. The fraction of sp³-hybridized carbons (Fsp3) is 0. The van der Waals surface area contributed by atoms with Crippen LogP contribution in [0.5, 0.6) is 0 Å². The number of benzene rings is 1. The number of hydrogen-bond donors (Lipinski definition) is 0. The maximum atomic E-state index is 10.6. The first-order chi connectivity index (χ1) is 8.25. The molecule has 18 heavy (non-hydrogen) atoms. The van der Waals surface area contributed by atoms with Crippen LogP contribution in [0, 0.1) is 20.2 Å². The highest BCUT2D eigenvalue weighted by atomic mass is 16.6. The van der Waals surface area contributed by atoms with E-state index >= 15 is 0 Å². The standard InChI is InChI=1S/C8H4N2O8/c11-7(12)3-1-4(8(13)14)6(10(17)18)2-5(3)9(15)16/h1-2H,(H,11,12)(H,13,14)/p-2. The van der Waals surface area contributed by atoms with Gasteiger partial charge in [-0.05, 0) is 6.07 Å². The number of carbonyl (C=O) groups excluding carboxylic acids is 2. The van der Waals surface area contributed by atoms with Crippen LogP contribution in [0.25, 0.3) is 0 Å². The second kappa shape index (κ2) is 4.45. The lowest BCUT2D eigenvalue weighted by Gasteiger charge is -2.08. The summed E-state index contributed by atoms with van der Waals surface area (Å²) in [6, 6.07) is 0.497. The number of aromatic carboxylic acids is 2. The van der Waals surface area contributed by atoms with Crippen molar-refractivity contribution in [1.29, 1.82) is 0 Å². The van der Waals surface area contributed by atoms with Crippen LogP contribution in [-0.4, -0.2) is 21.8 Å². The minimum Gasteiger partial charge on any atom is -0.545 e. The van der Waals surface area contributed by atoms with Crippen molar-refractivity contribution in [2.24, 2.45) is 0 Å². The zero-order chi connectivity index (χ0) is 14.0. The fourth-order valence-electron chi connectivity index (χ4n) is 1.21. The highest BCUT2D eigenvalue weighted by molar-refractivity contribution is 5.98. The molecule has 0 aliphatic carbocycles. The molecule has 94 valence electrons. The van der Waals surface area contributed by atoms with E-state index in [1.165, 1.54) is 0 Å². The zero-order valence-electron chi connectivity index (χ0n) is 8.32. The lowest BCUT2D eigenvalue weighted by molar-refractivity contribution is -0.395. The zero-order valence-corrected chi connectivity index (χ0v) is 8.32. The van der Waals surface area contributed by atoms with Crippen molar-refractivity contribution < 1.29 is 29.6 Å². The first kappa shape index (κ1) is 13.0. The average molecular weight is 254 g/mol. The molecule has 10 heteroatoms. The molecule has 0 radical (unpaired) electrons. The predicted octanol–water partition coefficient (Wildman–Crippen LogP) is -1.77. The molecule has 0 bridgehead atoms. The van der Waals surface area contributed by atoms with Gasteiger partial charge in [-0.2, -0.15) is 0 Å². The Labute approximate surface area is 97.4 Å². The first-order valence-corrected chi connectivity index (χ1v) is 4.15. The summed E-state index contributed by atoms with van der Waals surface area (Å²) in [6.45, 7) is 0. The van der Waals surface area contributed by atoms with Gasteiger partial charge >= 0.3 is 0 Å². The molecule has 0 aliphatic rings. The Morgan fingerprint density at radius 3 is 1.39 bits per heavy atom. The van der Waals surface area contributed by atoms with Crippen LogP contribution >= 0.6 is 0 Å². The summed E-state index contributed by atoms with van der Waals surface area (Å²) in [5.74, 6) is -4.06. The van der Waals surface area contributed by atoms with E-state index in [1.54, 1.807) is 0 Å². The van der Waals surface area contributed by atoms with Crippen LogP contribution in [0.2, 0.25) is 0 Å². The van der Waals surface area contributed by atoms with Gasteiger partial charge in [0.1, 0.15) is 0 Å². The minimum absolute atomic E-state index is 0.232. The predicted molar refractivity (Wildman–Crippen MR) is 48.4 cm³/mol. The van der Waals surface area contributed by atoms with Gasteiger partial charge in [0.2, 0.25) is 0 Å². The van der Waals surface area contributed by atoms with Gasteiger partial charge in [-0.15, -0.1) is 0 Å². The Balaban J connectivity index is 3.71. The number of nitro groups is 2. The summed E-state index contributed by atoms with van der Waals surface area (Å²) in [4.78, 5) is 39.8. The quantitative estimate of drug-likeness (QED) is 0.449. The molecule has 0 saturated heterocycles. The number of carboxylic acids is 2. The third-order valence-corrected chi connectivity index (χ3v) is 1.95. The number of carboxylic acid groups (broad SMARTS) is 2. The van der Waals surface area contributed by atoms with E-state index in [0.29, 0.717) is 0 Å². The van der Waals surface area contributed by atoms with Gasteiger partial charge in [-0.1, -0.05) is 0 Å². The van der Waals surface area contributed by atoms with E-state index < -0.39 is 44.3 Å². The number of nitro benzene ring substituents is 2. The largest absolute Gasteiger partial charge is 0.545 e. The van der Waals surface area contributed by atoms with Crippen molar-refractivity contribution in [3.05, 3.63) is 43.5 Å². The smallest absolute Gasteiger partial charge is 0.285 e. The molecule has 0 fully saturated rings. The summed E-state index contributed by atoms with van der Waals surface area (Å²) in [7, 11) is 0. The van der Waals surface area contributed by atoms with E-state index in [1.807, 2.05) is 0 Å². The summed E-state index contributed by atoms with van der Waals surface area (Å²) < 4.78 is 0. The molecule has 0 aliphatic heterocycles. The molecular weight excluding hydrogens is 252 g/mol. The van der Waals surface area contributed by atoms with Gasteiger partial charge in [0.25, 0.3) is 11.4 Å². The first-order valence-electron chi connectivity index (χ1n) is 4.15. The molecule has 10 nitrogen and oxygen atoms in total. The molecule has 1 aromatic rings. The van der Waals surface area contributed by atoms with Gasteiger partial charge in [0.15, 0.2) is 0 Å². The summed E-state index contributed by atoms with van der Waals surface area (Å²) >= 11 is 0. The van der Waals surface area contributed by atoms with Crippen LogP contribution in [0.4, 0.5) is 11.4 Å². The van der Waals surface area contributed by atoms with Crippen LogP contribution in [-0.2, 0) is 0 Å². The molecule has 0 unspecified atom stereocenters. The Kier molecular flexibility index (Phi) is 3.22. The van der Waals surface area contributed by atoms with Crippen molar-refractivity contribution in [3.8, 4) is 0 Å². The molecule has 0 N–H and O–H groups in total. The Bertz CT molecular complexity index is 480. The van der Waals surface area contributed by atoms with E-state index in [9.17, 15) is 40.0 Å². The lowest BCUT2D eigenvalue weighted by atomic mass is 10.1. The van der Waals surface area contributed by atoms with Gasteiger partial charge in [0, 0.05) is 0 Å². The van der Waals surface area contributed by atoms with Crippen LogP contribution in [0.3, 0.4) is 0 Å². The number of nitrogens with zero attached hydrogens (tertiary/aromatic N) is 2. The van der Waals surface area contributed by atoms with Gasteiger partial charge in [-0.25, -0.2) is 0 Å². The third kappa shape index (κ3) is 2.21. The number of hydrogen-bond acceptors (Lipinski definition) is 8. The van der Waals surface area contributed by atoms with E-state index in [2.05, 4.69) is 0 Å². The van der Waals surface area contributed by atoms with Gasteiger partial charge < -0.3 is 19.8 Å². The molecule has 0 atom stereocenters. The molecule has 0 heterocycles. The normalized spacial score (nSPS) is 9.78. The summed E-state index contributed by atoms with van der Waals surface area (Å²) in [5.41, 5.74) is -4.42. The third-order valence-electron chi connectivity index (χ3n) is 1.95. The minimum atomic E-state index is -2.03. The van der Waals surface area contributed by atoms with Gasteiger partial charge in [-0.3, -0.25) is 20.2 Å². The van der Waals surface area contributed by atoms with E-state index in [-0.39, 0.29) is 12.1 Å². The van der Waals surface area contributed by atoms with Crippen LogP contribution in [0.15, 0.2) is 12.1 Å². The molecule has 1 rings (SSSR count). The molecule has 0 aromatic heterocycles. The monoisotopic (exact) mass is 254 g/mol. The van der Waals surface area contributed by atoms with Crippen molar-refractivity contribution in [2.75, 3.05) is 0 Å². The average Bonchev–Trinajstić information content (AvgIpc) is 2.26. The SMILES string of the molecule is O=C([O-])c1cc(C(=O)[O-])c([N+](=O)[O-])cc1[N+](=O)[O-]. The highest BCUT2D eigenvalue weighted by Gasteiger charge is 2.25. The number of carbonyl (C=O) groups is 2. The Hall–Kier alpha value is -3.04. The highest BCUT2D eigenvalue weighted by Crippen LogP contribution is 2.28. The Morgan fingerprint density at radius 2 is 1.17 bits per heavy atom. The topological polar surface area (TPSA) is 167 Å². The van der Waals surface area contributed by atoms with E-state index in [4.69, 9.17) is 0 Å². The lowest BCUT2D eigenvalue weighted by Crippen LogP contribution is -2.27. The summed E-state index contributed by atoms with van der Waals surface area (Å²) in [6.07, 6.45) is 0. The van der Waals surface area contributed by atoms with Crippen molar-refractivity contribution in [3.63, 3.8) is 0 Å². The molecular formula is C8H2N2O8-2. The number of rotatable bonds is 4. The Morgan fingerprint density at radius 1 is 0.833 bits per heavy atom. The van der Waals surface area contributed by atoms with Crippen LogP contribution in [0.1, 0.15) is 20.7 Å². The fourth-order valence-corrected chi connectivity index (χ4v) is 1.21. The second-order valence-electron chi connectivity index (χ2n) is 2.98.